The molecule has 6 nitrogen and oxygen atoms in total. The second-order valence-corrected chi connectivity index (χ2v) is 7.09. The first-order chi connectivity index (χ1) is 13.2. The van der Waals surface area contributed by atoms with Crippen LogP contribution in [0.3, 0.4) is 0 Å². The number of rotatable bonds is 5. The lowest BCUT2D eigenvalue weighted by Gasteiger charge is -2.35. The largest absolute Gasteiger partial charge is 0.497 e. The Bertz CT molecular complexity index is 676. The molecule has 0 bridgehead atoms. The van der Waals surface area contributed by atoms with Crippen molar-refractivity contribution in [3.05, 3.63) is 35.9 Å². The van der Waals surface area contributed by atoms with Gasteiger partial charge in [0.1, 0.15) is 5.75 Å². The molecular weight excluding hydrogens is 342 g/mol. The van der Waals surface area contributed by atoms with Crippen molar-refractivity contribution in [1.82, 2.24) is 10.2 Å². The van der Waals surface area contributed by atoms with Gasteiger partial charge in [-0.25, -0.2) is 0 Å². The lowest BCUT2D eigenvalue weighted by molar-refractivity contribution is -0.146. The van der Waals surface area contributed by atoms with Gasteiger partial charge in [-0.2, -0.15) is 0 Å². The average molecular weight is 371 g/mol. The van der Waals surface area contributed by atoms with Crippen molar-refractivity contribution in [2.75, 3.05) is 44.7 Å². The molecular formula is C21H29N3O3. The van der Waals surface area contributed by atoms with Crippen LogP contribution < -0.4 is 15.0 Å². The van der Waals surface area contributed by atoms with Gasteiger partial charge >= 0.3 is 11.8 Å². The Hall–Kier alpha value is -2.50. The normalized spacial score (nSPS) is 17.3. The second-order valence-electron chi connectivity index (χ2n) is 7.09. The summed E-state index contributed by atoms with van der Waals surface area (Å²) in [5, 5.41) is 2.78. The van der Waals surface area contributed by atoms with E-state index >= 15 is 0 Å². The highest BCUT2D eigenvalue weighted by Crippen LogP contribution is 2.21. The topological polar surface area (TPSA) is 61.9 Å². The molecule has 0 saturated carbocycles. The Morgan fingerprint density at radius 3 is 2.44 bits per heavy atom. The number of piperazine rings is 1. The van der Waals surface area contributed by atoms with Crippen LogP contribution in [-0.4, -0.2) is 56.5 Å². The number of amides is 2. The molecule has 146 valence electrons. The smallest absolute Gasteiger partial charge is 0.312 e. The number of hydrogen-bond donors (Lipinski definition) is 1. The van der Waals surface area contributed by atoms with Crippen LogP contribution >= 0.6 is 0 Å². The summed E-state index contributed by atoms with van der Waals surface area (Å²) in [6.45, 7) is 3.10. The molecule has 3 rings (SSSR count). The number of methoxy groups -OCH3 is 1. The molecule has 27 heavy (non-hydrogen) atoms. The summed E-state index contributed by atoms with van der Waals surface area (Å²) in [5.41, 5.74) is 2.51. The van der Waals surface area contributed by atoms with Gasteiger partial charge < -0.3 is 19.9 Å². The van der Waals surface area contributed by atoms with Gasteiger partial charge in [-0.1, -0.05) is 11.6 Å². The number of carbonyl (C=O) groups is 2. The lowest BCUT2D eigenvalue weighted by Crippen LogP contribution is -2.52. The fraction of sp³-hybridized carbons (Fsp3) is 0.524. The maximum absolute atomic E-state index is 12.4. The quantitative estimate of drug-likeness (QED) is 0.638. The molecule has 1 saturated heterocycles. The number of nitrogens with zero attached hydrogens (tertiary/aromatic N) is 2. The van der Waals surface area contributed by atoms with Gasteiger partial charge in [0.2, 0.25) is 0 Å². The molecule has 1 fully saturated rings. The number of carbonyl (C=O) groups excluding carboxylic acids is 2. The Kier molecular flexibility index (Phi) is 6.74. The molecule has 1 N–H and O–H groups in total. The van der Waals surface area contributed by atoms with Crippen LogP contribution in [0.25, 0.3) is 0 Å². The van der Waals surface area contributed by atoms with E-state index in [2.05, 4.69) is 16.3 Å². The van der Waals surface area contributed by atoms with Crippen molar-refractivity contribution in [3.8, 4) is 5.75 Å². The Morgan fingerprint density at radius 2 is 1.81 bits per heavy atom. The van der Waals surface area contributed by atoms with E-state index in [0.717, 1.165) is 43.8 Å². The fourth-order valence-electron chi connectivity index (χ4n) is 3.65. The van der Waals surface area contributed by atoms with Gasteiger partial charge in [-0.15, -0.1) is 0 Å². The third kappa shape index (κ3) is 5.25. The van der Waals surface area contributed by atoms with E-state index in [1.165, 1.54) is 18.4 Å². The molecule has 1 heterocycles. The second kappa shape index (κ2) is 9.44. The van der Waals surface area contributed by atoms with E-state index in [0.29, 0.717) is 19.6 Å². The molecule has 0 aromatic heterocycles. The molecule has 0 unspecified atom stereocenters. The van der Waals surface area contributed by atoms with E-state index in [1.807, 2.05) is 24.3 Å². The molecule has 1 aliphatic heterocycles. The van der Waals surface area contributed by atoms with E-state index in [4.69, 9.17) is 4.74 Å². The minimum absolute atomic E-state index is 0.415. The number of ether oxygens (including phenoxy) is 1. The zero-order valence-corrected chi connectivity index (χ0v) is 16.1. The molecule has 1 aromatic carbocycles. The van der Waals surface area contributed by atoms with Crippen molar-refractivity contribution in [1.29, 1.82) is 0 Å². The third-order valence-electron chi connectivity index (χ3n) is 5.32. The summed E-state index contributed by atoms with van der Waals surface area (Å²) in [5.74, 6) is -0.0699. The first-order valence-electron chi connectivity index (χ1n) is 9.81. The minimum Gasteiger partial charge on any atom is -0.497 e. The van der Waals surface area contributed by atoms with Crippen LogP contribution in [0.2, 0.25) is 0 Å². The third-order valence-corrected chi connectivity index (χ3v) is 5.32. The van der Waals surface area contributed by atoms with E-state index in [-0.39, 0.29) is 0 Å². The molecule has 2 aliphatic rings. The maximum atomic E-state index is 12.4. The number of nitrogens with one attached hydrogen (secondary N) is 1. The first kappa shape index (κ1) is 19.3. The number of anilines is 1. The first-order valence-corrected chi connectivity index (χ1v) is 9.81. The highest BCUT2D eigenvalue weighted by molar-refractivity contribution is 6.35. The van der Waals surface area contributed by atoms with Crippen LogP contribution in [0.5, 0.6) is 5.75 Å². The predicted octanol–water partition coefficient (Wildman–Crippen LogP) is 2.35. The van der Waals surface area contributed by atoms with Crippen molar-refractivity contribution >= 4 is 17.5 Å². The summed E-state index contributed by atoms with van der Waals surface area (Å²) < 4.78 is 5.18. The van der Waals surface area contributed by atoms with Crippen molar-refractivity contribution in [3.63, 3.8) is 0 Å². The monoisotopic (exact) mass is 371 g/mol. The molecule has 0 atom stereocenters. The summed E-state index contributed by atoms with van der Waals surface area (Å²) in [7, 11) is 1.65. The molecule has 1 aromatic rings. The van der Waals surface area contributed by atoms with E-state index in [1.54, 1.807) is 12.0 Å². The Balaban J connectivity index is 1.41. The number of allylic oxidation sites excluding steroid dienone is 1. The number of benzene rings is 1. The fourth-order valence-corrected chi connectivity index (χ4v) is 3.65. The van der Waals surface area contributed by atoms with E-state index < -0.39 is 11.8 Å². The zero-order valence-electron chi connectivity index (χ0n) is 16.1. The average Bonchev–Trinajstić information content (AvgIpc) is 2.74. The number of hydrogen-bond acceptors (Lipinski definition) is 4. The van der Waals surface area contributed by atoms with Crippen LogP contribution in [0, 0.1) is 0 Å². The van der Waals surface area contributed by atoms with Crippen molar-refractivity contribution in [2.24, 2.45) is 0 Å². The molecule has 2 amide bonds. The summed E-state index contributed by atoms with van der Waals surface area (Å²) in [6, 6.07) is 7.90. The summed E-state index contributed by atoms with van der Waals surface area (Å²) >= 11 is 0. The summed E-state index contributed by atoms with van der Waals surface area (Å²) in [6.07, 6.45) is 7.88. The van der Waals surface area contributed by atoms with Crippen LogP contribution in [0.15, 0.2) is 35.9 Å². The van der Waals surface area contributed by atoms with Crippen molar-refractivity contribution < 1.29 is 14.3 Å². The van der Waals surface area contributed by atoms with Gasteiger partial charge in [0, 0.05) is 38.4 Å². The van der Waals surface area contributed by atoms with Crippen molar-refractivity contribution in [2.45, 2.75) is 32.1 Å². The molecule has 0 radical (unpaired) electrons. The Morgan fingerprint density at radius 1 is 1.07 bits per heavy atom. The van der Waals surface area contributed by atoms with Crippen LogP contribution in [0.4, 0.5) is 5.69 Å². The molecule has 0 spiro atoms. The maximum Gasteiger partial charge on any atom is 0.312 e. The standard InChI is InChI=1S/C21H29N3O3/c1-27-19-9-7-18(8-10-19)23-13-15-24(16-14-23)21(26)20(25)22-12-11-17-5-3-2-4-6-17/h5,7-10H,2-4,6,11-16H2,1H3,(H,22,25). The highest BCUT2D eigenvalue weighted by Gasteiger charge is 2.26. The SMILES string of the molecule is COc1ccc(N2CCN(C(=O)C(=O)NCCC3=CCCCC3)CC2)cc1. The molecule has 6 heteroatoms. The summed E-state index contributed by atoms with van der Waals surface area (Å²) in [4.78, 5) is 28.4. The molecule has 1 aliphatic carbocycles. The Labute approximate surface area is 161 Å². The van der Waals surface area contributed by atoms with Gasteiger partial charge in [-0.05, 0) is 56.4 Å². The van der Waals surface area contributed by atoms with Gasteiger partial charge in [0.05, 0.1) is 7.11 Å². The zero-order chi connectivity index (χ0) is 19.1. The van der Waals surface area contributed by atoms with Crippen LogP contribution in [0.1, 0.15) is 32.1 Å². The minimum atomic E-state index is -0.482. The van der Waals surface area contributed by atoms with E-state index in [9.17, 15) is 9.59 Å². The van der Waals surface area contributed by atoms with Gasteiger partial charge in [0.25, 0.3) is 0 Å². The predicted molar refractivity (Wildman–Crippen MR) is 106 cm³/mol. The van der Waals surface area contributed by atoms with Gasteiger partial charge in [0.15, 0.2) is 0 Å². The highest BCUT2D eigenvalue weighted by atomic mass is 16.5. The van der Waals surface area contributed by atoms with Crippen LogP contribution in [-0.2, 0) is 9.59 Å². The lowest BCUT2D eigenvalue weighted by atomic mass is 9.97. The van der Waals surface area contributed by atoms with Gasteiger partial charge in [-0.3, -0.25) is 9.59 Å².